The molecule has 1 rings (SSSR count). The van der Waals surface area contributed by atoms with Crippen molar-refractivity contribution in [2.75, 3.05) is 5.73 Å². The van der Waals surface area contributed by atoms with Gasteiger partial charge >= 0.3 is 0 Å². The summed E-state index contributed by atoms with van der Waals surface area (Å²) in [6.45, 7) is 2.26. The molecule has 16 heavy (non-hydrogen) atoms. The van der Waals surface area contributed by atoms with Crippen molar-refractivity contribution in [2.24, 2.45) is 7.05 Å². The Kier molecular flexibility index (Phi) is 5.98. The molecule has 92 valence electrons. The minimum absolute atomic E-state index is 0.762. The van der Waals surface area contributed by atoms with Crippen molar-refractivity contribution < 1.29 is 0 Å². The molecule has 0 atom stereocenters. The van der Waals surface area contributed by atoms with Crippen LogP contribution >= 0.6 is 0 Å². The number of nitrogen functional groups attached to an aromatic ring is 1. The summed E-state index contributed by atoms with van der Waals surface area (Å²) in [5.74, 6) is 0.762. The van der Waals surface area contributed by atoms with E-state index in [1.165, 1.54) is 44.9 Å². The zero-order valence-corrected chi connectivity index (χ0v) is 10.7. The van der Waals surface area contributed by atoms with Crippen LogP contribution in [0.1, 0.15) is 57.6 Å². The predicted molar refractivity (Wildman–Crippen MR) is 69.3 cm³/mol. The normalized spacial score (nSPS) is 10.9. The van der Waals surface area contributed by atoms with E-state index in [4.69, 9.17) is 5.73 Å². The topological polar surface area (TPSA) is 43.8 Å². The molecular formula is C13H25N3. The Hall–Kier alpha value is -0.990. The summed E-state index contributed by atoms with van der Waals surface area (Å²) >= 11 is 0. The van der Waals surface area contributed by atoms with Gasteiger partial charge in [0.25, 0.3) is 0 Å². The van der Waals surface area contributed by atoms with Crippen molar-refractivity contribution in [3.63, 3.8) is 0 Å². The van der Waals surface area contributed by atoms with Gasteiger partial charge in [0.2, 0.25) is 0 Å². The predicted octanol–water partition coefficient (Wildman–Crippen LogP) is 3.30. The third-order valence-corrected chi connectivity index (χ3v) is 3.00. The molecule has 1 aromatic rings. The Bertz CT molecular complexity index is 272. The summed E-state index contributed by atoms with van der Waals surface area (Å²) in [5.41, 5.74) is 6.86. The highest BCUT2D eigenvalue weighted by molar-refractivity contribution is 5.30. The second kappa shape index (κ2) is 7.31. The van der Waals surface area contributed by atoms with Crippen LogP contribution in [0.15, 0.2) is 6.07 Å². The highest BCUT2D eigenvalue weighted by Gasteiger charge is 2.00. The maximum Gasteiger partial charge on any atom is 0.121 e. The van der Waals surface area contributed by atoms with Gasteiger partial charge in [-0.15, -0.1) is 0 Å². The van der Waals surface area contributed by atoms with Gasteiger partial charge in [-0.1, -0.05) is 45.4 Å². The first-order valence-electron chi connectivity index (χ1n) is 6.52. The van der Waals surface area contributed by atoms with E-state index in [-0.39, 0.29) is 0 Å². The van der Waals surface area contributed by atoms with Crippen LogP contribution in [-0.4, -0.2) is 9.78 Å². The summed E-state index contributed by atoms with van der Waals surface area (Å²) in [5, 5.41) is 4.35. The summed E-state index contributed by atoms with van der Waals surface area (Å²) in [7, 11) is 1.89. The molecule has 0 saturated heterocycles. The van der Waals surface area contributed by atoms with Gasteiger partial charge in [-0.2, -0.15) is 5.10 Å². The maximum atomic E-state index is 5.73. The summed E-state index contributed by atoms with van der Waals surface area (Å²) in [6, 6.07) is 1.98. The van der Waals surface area contributed by atoms with E-state index in [1.54, 1.807) is 4.68 Å². The molecule has 3 heteroatoms. The lowest BCUT2D eigenvalue weighted by molar-refractivity contribution is 0.585. The number of anilines is 1. The Morgan fingerprint density at radius 2 is 1.75 bits per heavy atom. The van der Waals surface area contributed by atoms with Gasteiger partial charge in [-0.25, -0.2) is 0 Å². The summed E-state index contributed by atoms with van der Waals surface area (Å²) in [4.78, 5) is 0. The third kappa shape index (κ3) is 4.69. The Morgan fingerprint density at radius 1 is 1.12 bits per heavy atom. The van der Waals surface area contributed by atoms with E-state index in [0.29, 0.717) is 0 Å². The first-order valence-corrected chi connectivity index (χ1v) is 6.52. The molecule has 0 saturated carbocycles. The third-order valence-electron chi connectivity index (χ3n) is 3.00. The molecule has 0 amide bonds. The van der Waals surface area contributed by atoms with Crippen molar-refractivity contribution in [3.8, 4) is 0 Å². The average Bonchev–Trinajstić information content (AvgIpc) is 2.57. The number of aromatic nitrogens is 2. The molecule has 3 nitrogen and oxygen atoms in total. The van der Waals surface area contributed by atoms with Gasteiger partial charge in [0.1, 0.15) is 5.82 Å². The van der Waals surface area contributed by atoms with E-state index in [9.17, 15) is 0 Å². The molecule has 1 heterocycles. The van der Waals surface area contributed by atoms with Crippen molar-refractivity contribution in [1.82, 2.24) is 9.78 Å². The molecule has 0 aromatic carbocycles. The van der Waals surface area contributed by atoms with E-state index in [2.05, 4.69) is 12.0 Å². The van der Waals surface area contributed by atoms with Gasteiger partial charge in [0, 0.05) is 13.1 Å². The number of aryl methyl sites for hydroxylation is 2. The molecule has 0 radical (unpaired) electrons. The van der Waals surface area contributed by atoms with Crippen molar-refractivity contribution in [1.29, 1.82) is 0 Å². The fourth-order valence-electron chi connectivity index (χ4n) is 1.93. The van der Waals surface area contributed by atoms with Crippen LogP contribution in [0.5, 0.6) is 0 Å². The fourth-order valence-corrected chi connectivity index (χ4v) is 1.93. The first-order chi connectivity index (χ1) is 7.74. The lowest BCUT2D eigenvalue weighted by atomic mass is 10.1. The molecule has 2 N–H and O–H groups in total. The first kappa shape index (κ1) is 13.1. The SMILES string of the molecule is CCCCCCCCCc1cc(N)n(C)n1. The molecular weight excluding hydrogens is 198 g/mol. The number of unbranched alkanes of at least 4 members (excludes halogenated alkanes) is 6. The van der Waals surface area contributed by atoms with E-state index in [1.807, 2.05) is 13.1 Å². The molecule has 0 fully saturated rings. The van der Waals surface area contributed by atoms with Crippen LogP contribution in [0, 0.1) is 0 Å². The molecule has 0 spiro atoms. The second-order valence-electron chi connectivity index (χ2n) is 4.56. The van der Waals surface area contributed by atoms with Gasteiger partial charge in [-0.3, -0.25) is 4.68 Å². The highest BCUT2D eigenvalue weighted by Crippen LogP contribution is 2.11. The van der Waals surface area contributed by atoms with Crippen molar-refractivity contribution in [2.45, 2.75) is 58.3 Å². The van der Waals surface area contributed by atoms with Crippen LogP contribution < -0.4 is 5.73 Å². The molecule has 0 bridgehead atoms. The average molecular weight is 223 g/mol. The minimum atomic E-state index is 0.762. The quantitative estimate of drug-likeness (QED) is 0.687. The van der Waals surface area contributed by atoms with Crippen LogP contribution in [0.3, 0.4) is 0 Å². The monoisotopic (exact) mass is 223 g/mol. The molecule has 1 aromatic heterocycles. The van der Waals surface area contributed by atoms with Gasteiger partial charge < -0.3 is 5.73 Å². The molecule has 0 aliphatic carbocycles. The summed E-state index contributed by atoms with van der Waals surface area (Å²) in [6.07, 6.45) is 10.5. The van der Waals surface area contributed by atoms with E-state index < -0.39 is 0 Å². The second-order valence-corrected chi connectivity index (χ2v) is 4.56. The number of hydrogen-bond acceptors (Lipinski definition) is 2. The lowest BCUT2D eigenvalue weighted by Crippen LogP contribution is -1.97. The number of nitrogens with zero attached hydrogens (tertiary/aromatic N) is 2. The molecule has 0 aliphatic rings. The highest BCUT2D eigenvalue weighted by atomic mass is 15.3. The van der Waals surface area contributed by atoms with Crippen LogP contribution in [0.4, 0.5) is 5.82 Å². The summed E-state index contributed by atoms with van der Waals surface area (Å²) < 4.78 is 1.75. The lowest BCUT2D eigenvalue weighted by Gasteiger charge is -1.99. The van der Waals surface area contributed by atoms with E-state index >= 15 is 0 Å². The van der Waals surface area contributed by atoms with Gasteiger partial charge in [-0.05, 0) is 12.8 Å². The zero-order chi connectivity index (χ0) is 11.8. The van der Waals surface area contributed by atoms with Crippen molar-refractivity contribution >= 4 is 5.82 Å². The number of hydrogen-bond donors (Lipinski definition) is 1. The van der Waals surface area contributed by atoms with Crippen LogP contribution in [-0.2, 0) is 13.5 Å². The Labute approximate surface area is 99.0 Å². The van der Waals surface area contributed by atoms with Gasteiger partial charge in [0.05, 0.1) is 5.69 Å². The van der Waals surface area contributed by atoms with Crippen LogP contribution in [0.2, 0.25) is 0 Å². The molecule has 0 unspecified atom stereocenters. The Morgan fingerprint density at radius 3 is 2.31 bits per heavy atom. The fraction of sp³-hybridized carbons (Fsp3) is 0.769. The van der Waals surface area contributed by atoms with E-state index in [0.717, 1.165) is 17.9 Å². The standard InChI is InChI=1S/C13H25N3/c1-3-4-5-6-7-8-9-10-12-11-13(14)16(2)15-12/h11H,3-10,14H2,1-2H3. The van der Waals surface area contributed by atoms with Gasteiger partial charge in [0.15, 0.2) is 0 Å². The van der Waals surface area contributed by atoms with Crippen molar-refractivity contribution in [3.05, 3.63) is 11.8 Å². The number of rotatable bonds is 8. The molecule has 0 aliphatic heterocycles. The minimum Gasteiger partial charge on any atom is -0.384 e. The zero-order valence-electron chi connectivity index (χ0n) is 10.7. The van der Waals surface area contributed by atoms with Crippen LogP contribution in [0.25, 0.3) is 0 Å². The maximum absolute atomic E-state index is 5.73. The number of nitrogens with two attached hydrogens (primary N) is 1. The Balaban J connectivity index is 2.03. The largest absolute Gasteiger partial charge is 0.384 e. The smallest absolute Gasteiger partial charge is 0.121 e.